The SMILES string of the molecule is CCN(CC)CCSCc1cc2c(cc1C=Cc1ccc(C(=O)O)cc1)C(C)(C)CCC2(C)C. The Hall–Kier alpha value is -2.04. The van der Waals surface area contributed by atoms with Gasteiger partial charge in [-0.25, -0.2) is 4.79 Å². The van der Waals surface area contributed by atoms with Crippen molar-refractivity contribution in [3.8, 4) is 0 Å². The van der Waals surface area contributed by atoms with Crippen molar-refractivity contribution in [3.05, 3.63) is 69.8 Å². The highest BCUT2D eigenvalue weighted by molar-refractivity contribution is 7.98. The van der Waals surface area contributed by atoms with Crippen molar-refractivity contribution in [2.75, 3.05) is 25.4 Å². The number of carboxylic acid groups (broad SMARTS) is 1. The van der Waals surface area contributed by atoms with Crippen LogP contribution in [0.2, 0.25) is 0 Å². The molecular weight excluding hydrogens is 438 g/mol. The number of carboxylic acids is 1. The first-order valence-corrected chi connectivity index (χ1v) is 13.7. The molecule has 0 atom stereocenters. The lowest BCUT2D eigenvalue weighted by Crippen LogP contribution is -2.34. The van der Waals surface area contributed by atoms with Gasteiger partial charge in [-0.1, -0.05) is 78.0 Å². The second-order valence-electron chi connectivity index (χ2n) is 10.7. The van der Waals surface area contributed by atoms with Crippen LogP contribution in [0.4, 0.5) is 0 Å². The number of hydrogen-bond acceptors (Lipinski definition) is 3. The van der Waals surface area contributed by atoms with E-state index >= 15 is 0 Å². The largest absolute Gasteiger partial charge is 0.478 e. The summed E-state index contributed by atoms with van der Waals surface area (Å²) in [6.45, 7) is 17.3. The van der Waals surface area contributed by atoms with Crippen LogP contribution < -0.4 is 0 Å². The van der Waals surface area contributed by atoms with Gasteiger partial charge in [0.05, 0.1) is 5.56 Å². The van der Waals surface area contributed by atoms with Crippen molar-refractivity contribution in [3.63, 3.8) is 0 Å². The van der Waals surface area contributed by atoms with Crippen molar-refractivity contribution < 1.29 is 9.90 Å². The Bertz CT molecular complexity index is 1020. The predicted octanol–water partition coefficient (Wildman–Crippen LogP) is 7.48. The molecule has 3 nitrogen and oxygen atoms in total. The van der Waals surface area contributed by atoms with Gasteiger partial charge in [0, 0.05) is 18.1 Å². The molecule has 0 unspecified atom stereocenters. The maximum Gasteiger partial charge on any atom is 0.335 e. The van der Waals surface area contributed by atoms with E-state index in [1.807, 2.05) is 23.9 Å². The second-order valence-corrected chi connectivity index (χ2v) is 11.8. The number of nitrogens with zero attached hydrogens (tertiary/aromatic N) is 1. The third kappa shape index (κ3) is 6.34. The first-order chi connectivity index (χ1) is 16.1. The Kier molecular flexibility index (Phi) is 8.70. The van der Waals surface area contributed by atoms with E-state index in [1.54, 1.807) is 12.1 Å². The standard InChI is InChI=1S/C30H41NO2S/c1-7-31(8-2)17-18-34-21-25-20-27-26(29(3,4)15-16-30(27,5)6)19-24(25)14-11-22-9-12-23(13-10-22)28(32)33/h9-14,19-20H,7-8,15-18,21H2,1-6H3,(H,32,33). The van der Waals surface area contributed by atoms with Gasteiger partial charge in [0.2, 0.25) is 0 Å². The zero-order valence-corrected chi connectivity index (χ0v) is 22.6. The third-order valence-electron chi connectivity index (χ3n) is 7.43. The zero-order valence-electron chi connectivity index (χ0n) is 21.8. The lowest BCUT2D eigenvalue weighted by Gasteiger charge is -2.42. The summed E-state index contributed by atoms with van der Waals surface area (Å²) in [6.07, 6.45) is 6.74. The second kappa shape index (κ2) is 11.1. The minimum Gasteiger partial charge on any atom is -0.478 e. The Morgan fingerprint density at radius 2 is 1.56 bits per heavy atom. The average Bonchev–Trinajstić information content (AvgIpc) is 2.81. The molecule has 184 valence electrons. The zero-order chi connectivity index (χ0) is 24.9. The molecule has 0 saturated heterocycles. The molecule has 0 heterocycles. The van der Waals surface area contributed by atoms with E-state index in [-0.39, 0.29) is 10.8 Å². The normalized spacial score (nSPS) is 16.7. The van der Waals surface area contributed by atoms with Gasteiger partial charge >= 0.3 is 5.97 Å². The fourth-order valence-corrected chi connectivity index (χ4v) is 5.80. The molecule has 34 heavy (non-hydrogen) atoms. The fraction of sp³-hybridized carbons (Fsp3) is 0.500. The van der Waals surface area contributed by atoms with Crippen LogP contribution in [0, 0.1) is 0 Å². The topological polar surface area (TPSA) is 40.5 Å². The number of fused-ring (bicyclic) bond motifs is 1. The average molecular weight is 480 g/mol. The fourth-order valence-electron chi connectivity index (χ4n) is 4.79. The molecule has 0 spiro atoms. The molecule has 0 radical (unpaired) electrons. The van der Waals surface area contributed by atoms with Gasteiger partial charge in [-0.3, -0.25) is 0 Å². The van der Waals surface area contributed by atoms with Gasteiger partial charge in [-0.15, -0.1) is 0 Å². The summed E-state index contributed by atoms with van der Waals surface area (Å²) in [4.78, 5) is 13.6. The molecule has 2 aromatic carbocycles. The highest BCUT2D eigenvalue weighted by atomic mass is 32.2. The Morgan fingerprint density at radius 1 is 0.971 bits per heavy atom. The molecule has 3 rings (SSSR count). The third-order valence-corrected chi connectivity index (χ3v) is 8.42. The molecule has 0 fully saturated rings. The maximum absolute atomic E-state index is 11.2. The van der Waals surface area contributed by atoms with Crippen LogP contribution in [-0.2, 0) is 16.6 Å². The van der Waals surface area contributed by atoms with Gasteiger partial charge < -0.3 is 10.0 Å². The van der Waals surface area contributed by atoms with Gasteiger partial charge in [-0.2, -0.15) is 11.8 Å². The minimum absolute atomic E-state index is 0.172. The van der Waals surface area contributed by atoms with Crippen molar-refractivity contribution in [2.24, 2.45) is 0 Å². The molecule has 0 aromatic heterocycles. The summed E-state index contributed by atoms with van der Waals surface area (Å²) < 4.78 is 0. The lowest BCUT2D eigenvalue weighted by atomic mass is 9.62. The van der Waals surface area contributed by atoms with Gasteiger partial charge in [0.25, 0.3) is 0 Å². The summed E-state index contributed by atoms with van der Waals surface area (Å²) in [7, 11) is 0. The highest BCUT2D eigenvalue weighted by Crippen LogP contribution is 2.47. The molecule has 0 saturated carbocycles. The number of carbonyl (C=O) groups is 1. The van der Waals surface area contributed by atoms with Crippen molar-refractivity contribution in [1.29, 1.82) is 0 Å². The van der Waals surface area contributed by atoms with Crippen LogP contribution >= 0.6 is 11.8 Å². The van der Waals surface area contributed by atoms with E-state index in [1.165, 1.54) is 35.1 Å². The Balaban J connectivity index is 1.92. The lowest BCUT2D eigenvalue weighted by molar-refractivity contribution is 0.0697. The number of rotatable bonds is 10. The molecule has 0 bridgehead atoms. The van der Waals surface area contributed by atoms with Crippen LogP contribution in [-0.4, -0.2) is 41.4 Å². The Morgan fingerprint density at radius 3 is 2.12 bits per heavy atom. The monoisotopic (exact) mass is 479 g/mol. The van der Waals surface area contributed by atoms with E-state index in [4.69, 9.17) is 5.11 Å². The first kappa shape index (κ1) is 26.6. The van der Waals surface area contributed by atoms with Crippen LogP contribution in [0.15, 0.2) is 36.4 Å². The molecule has 0 amide bonds. The van der Waals surface area contributed by atoms with Crippen molar-refractivity contribution in [1.82, 2.24) is 4.90 Å². The van der Waals surface area contributed by atoms with Gasteiger partial charge in [0.1, 0.15) is 0 Å². The minimum atomic E-state index is -0.890. The maximum atomic E-state index is 11.2. The van der Waals surface area contributed by atoms with Crippen molar-refractivity contribution >= 4 is 29.9 Å². The molecule has 1 aliphatic rings. The van der Waals surface area contributed by atoms with Gasteiger partial charge in [0.15, 0.2) is 0 Å². The quantitative estimate of drug-likeness (QED) is 0.283. The highest BCUT2D eigenvalue weighted by Gasteiger charge is 2.37. The van der Waals surface area contributed by atoms with Crippen molar-refractivity contribution in [2.45, 2.75) is 71.0 Å². The summed E-state index contributed by atoms with van der Waals surface area (Å²) in [5.41, 5.74) is 7.36. The van der Waals surface area contributed by atoms with Crippen LogP contribution in [0.3, 0.4) is 0 Å². The molecule has 0 aliphatic heterocycles. The Labute approximate surface area is 210 Å². The predicted molar refractivity (Wildman–Crippen MR) is 148 cm³/mol. The van der Waals surface area contributed by atoms with Crippen LogP contribution in [0.1, 0.15) is 92.6 Å². The molecule has 2 aromatic rings. The van der Waals surface area contributed by atoms with Crippen LogP contribution in [0.5, 0.6) is 0 Å². The summed E-state index contributed by atoms with van der Waals surface area (Å²) in [6, 6.07) is 12.0. The number of hydrogen-bond donors (Lipinski definition) is 1. The number of aromatic carboxylic acids is 1. The first-order valence-electron chi connectivity index (χ1n) is 12.6. The molecule has 1 N–H and O–H groups in total. The molecular formula is C30H41NO2S. The molecule has 4 heteroatoms. The van der Waals surface area contributed by atoms with Crippen LogP contribution in [0.25, 0.3) is 12.2 Å². The van der Waals surface area contributed by atoms with E-state index in [9.17, 15) is 4.79 Å². The van der Waals surface area contributed by atoms with E-state index in [2.05, 4.69) is 70.7 Å². The number of thioether (sulfide) groups is 1. The smallest absolute Gasteiger partial charge is 0.335 e. The number of benzene rings is 2. The summed E-state index contributed by atoms with van der Waals surface area (Å²) in [5.74, 6) is 1.25. The summed E-state index contributed by atoms with van der Waals surface area (Å²) >= 11 is 2.02. The summed E-state index contributed by atoms with van der Waals surface area (Å²) in [5, 5.41) is 9.17. The van der Waals surface area contributed by atoms with E-state index in [0.717, 1.165) is 36.7 Å². The van der Waals surface area contributed by atoms with E-state index in [0.29, 0.717) is 5.56 Å². The molecule has 1 aliphatic carbocycles. The van der Waals surface area contributed by atoms with Gasteiger partial charge in [-0.05, 0) is 76.7 Å². The van der Waals surface area contributed by atoms with E-state index < -0.39 is 5.97 Å².